The zero-order valence-electron chi connectivity index (χ0n) is 15.2. The van der Waals surface area contributed by atoms with Crippen LogP contribution in [0.1, 0.15) is 38.5 Å². The summed E-state index contributed by atoms with van der Waals surface area (Å²) in [6, 6.07) is 5.97. The van der Waals surface area contributed by atoms with Crippen LogP contribution in [0, 0.1) is 5.82 Å². The van der Waals surface area contributed by atoms with Crippen LogP contribution in [0.2, 0.25) is 0 Å². The Balaban J connectivity index is 1.96. The van der Waals surface area contributed by atoms with Crippen molar-refractivity contribution in [3.8, 4) is 5.69 Å². The van der Waals surface area contributed by atoms with Gasteiger partial charge in [-0.1, -0.05) is 0 Å². The lowest BCUT2D eigenvalue weighted by Crippen LogP contribution is -2.46. The Bertz CT molecular complexity index is 766. The zero-order valence-corrected chi connectivity index (χ0v) is 15.2. The maximum Gasteiger partial charge on any atom is 0.225 e. The summed E-state index contributed by atoms with van der Waals surface area (Å²) in [5.74, 6) is 0.234. The molecule has 2 N–H and O–H groups in total. The SMILES string of the molecule is C[C@@H]1CN([C@H](C)c2nc(CC(N)=O)nn2-c2ccc(F)cc2)C[C@H](C)O1. The van der Waals surface area contributed by atoms with Gasteiger partial charge in [0.05, 0.1) is 30.4 Å². The fraction of sp³-hybridized carbons (Fsp3) is 0.500. The number of morpholine rings is 1. The number of carbonyl (C=O) groups is 1. The van der Waals surface area contributed by atoms with Crippen LogP contribution in [0.4, 0.5) is 4.39 Å². The van der Waals surface area contributed by atoms with Crippen molar-refractivity contribution in [2.24, 2.45) is 5.73 Å². The Morgan fingerprint density at radius 2 is 1.92 bits per heavy atom. The molecule has 1 aliphatic heterocycles. The minimum atomic E-state index is -0.492. The first-order valence-corrected chi connectivity index (χ1v) is 8.73. The van der Waals surface area contributed by atoms with Crippen molar-refractivity contribution in [2.75, 3.05) is 13.1 Å². The number of nitrogens with zero attached hydrogens (tertiary/aromatic N) is 4. The van der Waals surface area contributed by atoms with Crippen LogP contribution in [0.15, 0.2) is 24.3 Å². The fourth-order valence-electron chi connectivity index (χ4n) is 3.34. The number of aromatic nitrogens is 3. The summed E-state index contributed by atoms with van der Waals surface area (Å²) in [7, 11) is 0. The van der Waals surface area contributed by atoms with Gasteiger partial charge in [-0.3, -0.25) is 9.69 Å². The van der Waals surface area contributed by atoms with Crippen LogP contribution in [-0.4, -0.2) is 50.9 Å². The predicted molar refractivity (Wildman–Crippen MR) is 94.2 cm³/mol. The largest absolute Gasteiger partial charge is 0.373 e. The first kappa shape index (κ1) is 18.5. The number of amides is 1. The molecule has 1 fully saturated rings. The molecule has 1 aliphatic rings. The van der Waals surface area contributed by atoms with Crippen LogP contribution in [-0.2, 0) is 16.0 Å². The van der Waals surface area contributed by atoms with Crippen molar-refractivity contribution >= 4 is 5.91 Å². The number of benzene rings is 1. The topological polar surface area (TPSA) is 86.3 Å². The van der Waals surface area contributed by atoms with E-state index in [9.17, 15) is 9.18 Å². The predicted octanol–water partition coefficient (Wildman–Crippen LogP) is 1.60. The van der Waals surface area contributed by atoms with E-state index in [2.05, 4.69) is 15.0 Å². The van der Waals surface area contributed by atoms with Gasteiger partial charge in [0.2, 0.25) is 5.91 Å². The summed E-state index contributed by atoms with van der Waals surface area (Å²) in [5, 5.41) is 4.43. The summed E-state index contributed by atoms with van der Waals surface area (Å²) >= 11 is 0. The van der Waals surface area contributed by atoms with E-state index in [1.807, 2.05) is 20.8 Å². The maximum atomic E-state index is 13.3. The molecule has 2 aromatic rings. The molecule has 1 amide bonds. The molecule has 1 aromatic heterocycles. The highest BCUT2D eigenvalue weighted by atomic mass is 19.1. The average Bonchev–Trinajstić information content (AvgIpc) is 2.97. The van der Waals surface area contributed by atoms with Gasteiger partial charge in [0.15, 0.2) is 5.82 Å². The van der Waals surface area contributed by atoms with Crippen LogP contribution in [0.5, 0.6) is 0 Å². The average molecular weight is 361 g/mol. The van der Waals surface area contributed by atoms with Gasteiger partial charge >= 0.3 is 0 Å². The molecule has 7 nitrogen and oxygen atoms in total. The summed E-state index contributed by atoms with van der Waals surface area (Å²) in [5.41, 5.74) is 5.98. The highest BCUT2D eigenvalue weighted by Crippen LogP contribution is 2.25. The van der Waals surface area contributed by atoms with E-state index >= 15 is 0 Å². The molecule has 0 spiro atoms. The number of primary amides is 1. The molecule has 0 saturated carbocycles. The van der Waals surface area contributed by atoms with E-state index < -0.39 is 5.91 Å². The monoisotopic (exact) mass is 361 g/mol. The van der Waals surface area contributed by atoms with Gasteiger partial charge in [-0.2, -0.15) is 5.10 Å². The Hall–Kier alpha value is -2.32. The number of halogens is 1. The third kappa shape index (κ3) is 4.08. The lowest BCUT2D eigenvalue weighted by Gasteiger charge is -2.38. The summed E-state index contributed by atoms with van der Waals surface area (Å²) in [6.45, 7) is 7.67. The molecule has 1 aromatic carbocycles. The Morgan fingerprint density at radius 1 is 1.31 bits per heavy atom. The number of rotatable bonds is 5. The highest BCUT2D eigenvalue weighted by Gasteiger charge is 2.30. The first-order valence-electron chi connectivity index (χ1n) is 8.73. The lowest BCUT2D eigenvalue weighted by atomic mass is 10.1. The highest BCUT2D eigenvalue weighted by molar-refractivity contribution is 5.75. The standard InChI is InChI=1S/C18H24FN5O2/c1-11-9-23(10-12(2)26-11)13(3)18-21-17(8-16(20)25)22-24(18)15-6-4-14(19)5-7-15/h4-7,11-13H,8-10H2,1-3H3,(H2,20,25)/t11-,12+,13-/m1/s1. The van der Waals surface area contributed by atoms with E-state index in [1.165, 1.54) is 12.1 Å². The summed E-state index contributed by atoms with van der Waals surface area (Å²) < 4.78 is 20.7. The van der Waals surface area contributed by atoms with Gasteiger partial charge in [0.25, 0.3) is 0 Å². The molecule has 0 radical (unpaired) electrons. The smallest absolute Gasteiger partial charge is 0.225 e. The van der Waals surface area contributed by atoms with Crippen molar-refractivity contribution in [3.63, 3.8) is 0 Å². The van der Waals surface area contributed by atoms with E-state index in [4.69, 9.17) is 10.5 Å². The maximum absolute atomic E-state index is 13.3. The normalized spacial score (nSPS) is 22.3. The van der Waals surface area contributed by atoms with Crippen LogP contribution in [0.3, 0.4) is 0 Å². The number of hydrogen-bond donors (Lipinski definition) is 1. The zero-order chi connectivity index (χ0) is 18.8. The molecule has 3 atom stereocenters. The first-order chi connectivity index (χ1) is 12.3. The van der Waals surface area contributed by atoms with Crippen molar-refractivity contribution in [1.29, 1.82) is 0 Å². The van der Waals surface area contributed by atoms with Crippen LogP contribution >= 0.6 is 0 Å². The molecule has 3 rings (SSSR count). The number of hydrogen-bond acceptors (Lipinski definition) is 5. The van der Waals surface area contributed by atoms with Gasteiger partial charge < -0.3 is 10.5 Å². The Morgan fingerprint density at radius 3 is 2.50 bits per heavy atom. The van der Waals surface area contributed by atoms with E-state index in [0.717, 1.165) is 13.1 Å². The summed E-state index contributed by atoms with van der Waals surface area (Å²) in [6.07, 6.45) is 0.200. The minimum Gasteiger partial charge on any atom is -0.373 e. The molecule has 8 heteroatoms. The Labute approximate surface area is 151 Å². The molecule has 0 aliphatic carbocycles. The van der Waals surface area contributed by atoms with Gasteiger partial charge in [0, 0.05) is 13.1 Å². The fourth-order valence-corrected chi connectivity index (χ4v) is 3.34. The van der Waals surface area contributed by atoms with Gasteiger partial charge in [-0.15, -0.1) is 0 Å². The van der Waals surface area contributed by atoms with E-state index in [0.29, 0.717) is 17.3 Å². The molecule has 2 heterocycles. The third-order valence-electron chi connectivity index (χ3n) is 4.45. The van der Waals surface area contributed by atoms with Gasteiger partial charge in [-0.05, 0) is 45.0 Å². The van der Waals surface area contributed by atoms with Crippen molar-refractivity contribution in [3.05, 3.63) is 41.7 Å². The second kappa shape index (κ2) is 7.51. The van der Waals surface area contributed by atoms with Gasteiger partial charge in [0.1, 0.15) is 11.6 Å². The second-order valence-corrected chi connectivity index (χ2v) is 6.80. The quantitative estimate of drug-likeness (QED) is 0.874. The van der Waals surface area contributed by atoms with Gasteiger partial charge in [-0.25, -0.2) is 14.1 Å². The van der Waals surface area contributed by atoms with Crippen molar-refractivity contribution < 1.29 is 13.9 Å². The number of carbonyl (C=O) groups excluding carboxylic acids is 1. The molecule has 26 heavy (non-hydrogen) atoms. The summed E-state index contributed by atoms with van der Waals surface area (Å²) in [4.78, 5) is 18.1. The Kier molecular flexibility index (Phi) is 5.33. The van der Waals surface area contributed by atoms with Crippen LogP contribution in [0.25, 0.3) is 5.69 Å². The van der Waals surface area contributed by atoms with Crippen molar-refractivity contribution in [1.82, 2.24) is 19.7 Å². The molecular weight excluding hydrogens is 337 g/mol. The third-order valence-corrected chi connectivity index (χ3v) is 4.45. The minimum absolute atomic E-state index is 0.0379. The molecule has 0 bridgehead atoms. The molecule has 140 valence electrons. The number of ether oxygens (including phenoxy) is 1. The van der Waals surface area contributed by atoms with E-state index in [-0.39, 0.29) is 30.5 Å². The molecular formula is C18H24FN5O2. The van der Waals surface area contributed by atoms with E-state index in [1.54, 1.807) is 16.8 Å². The number of nitrogens with two attached hydrogens (primary N) is 1. The van der Waals surface area contributed by atoms with Crippen molar-refractivity contribution in [2.45, 2.75) is 45.4 Å². The lowest BCUT2D eigenvalue weighted by molar-refractivity contribution is -0.117. The molecule has 1 saturated heterocycles. The second-order valence-electron chi connectivity index (χ2n) is 6.80. The molecule has 0 unspecified atom stereocenters. The van der Waals surface area contributed by atoms with Crippen LogP contribution < -0.4 is 5.73 Å².